The van der Waals surface area contributed by atoms with Crippen LogP contribution in [0.4, 0.5) is 10.1 Å². The number of carbonyl (C=O) groups excluding carboxylic acids is 3. The van der Waals surface area contributed by atoms with Gasteiger partial charge in [-0.15, -0.1) is 5.10 Å². The normalized spacial score (nSPS) is 23.4. The van der Waals surface area contributed by atoms with Crippen molar-refractivity contribution >= 4 is 23.4 Å². The number of nitrogens with zero attached hydrogens (tertiary/aromatic N) is 4. The monoisotopic (exact) mass is 512 g/mol. The van der Waals surface area contributed by atoms with E-state index in [-0.39, 0.29) is 18.9 Å². The highest BCUT2D eigenvalue weighted by molar-refractivity contribution is 6.03. The number of hydrogen-bond acceptors (Lipinski definition) is 6. The number of likely N-dealkylation sites (tertiary alicyclic amines) is 1. The Morgan fingerprint density at radius 2 is 1.84 bits per heavy atom. The molecule has 10 nitrogen and oxygen atoms in total. The molecule has 0 bridgehead atoms. The Morgan fingerprint density at radius 3 is 2.43 bits per heavy atom. The predicted molar refractivity (Wildman–Crippen MR) is 132 cm³/mol. The zero-order valence-electron chi connectivity index (χ0n) is 21.3. The molecule has 2 unspecified atom stereocenters. The van der Waals surface area contributed by atoms with Crippen LogP contribution in [-0.2, 0) is 14.4 Å². The molecule has 3 aliphatic rings. The van der Waals surface area contributed by atoms with Crippen LogP contribution in [0.2, 0.25) is 0 Å². The topological polar surface area (TPSA) is 129 Å². The molecule has 5 rings (SSSR count). The number of benzene rings is 1. The van der Waals surface area contributed by atoms with E-state index in [9.17, 15) is 23.9 Å². The molecule has 1 aromatic carbocycles. The van der Waals surface area contributed by atoms with E-state index in [0.717, 1.165) is 18.5 Å². The summed E-state index contributed by atoms with van der Waals surface area (Å²) < 4.78 is 14.8. The van der Waals surface area contributed by atoms with Gasteiger partial charge in [-0.2, -0.15) is 0 Å². The Hall–Kier alpha value is -3.34. The van der Waals surface area contributed by atoms with Crippen molar-refractivity contribution in [2.45, 2.75) is 82.5 Å². The van der Waals surface area contributed by atoms with Gasteiger partial charge in [-0.25, -0.2) is 9.07 Å². The van der Waals surface area contributed by atoms with Gasteiger partial charge in [-0.1, -0.05) is 26.0 Å². The molecule has 3 atom stereocenters. The summed E-state index contributed by atoms with van der Waals surface area (Å²) in [6, 6.07) is 3.74. The number of amides is 3. The van der Waals surface area contributed by atoms with E-state index >= 15 is 0 Å². The van der Waals surface area contributed by atoms with Gasteiger partial charge in [0.05, 0.1) is 11.8 Å². The predicted octanol–water partition coefficient (Wildman–Crippen LogP) is 2.13. The highest BCUT2D eigenvalue weighted by Gasteiger charge is 2.54. The first kappa shape index (κ1) is 25.3. The third-order valence-corrected chi connectivity index (χ3v) is 7.36. The Balaban J connectivity index is 1.31. The van der Waals surface area contributed by atoms with Crippen LogP contribution in [0.5, 0.6) is 0 Å². The fraction of sp³-hybridized carbons (Fsp3) is 0.577. The van der Waals surface area contributed by atoms with Crippen molar-refractivity contribution in [1.82, 2.24) is 25.2 Å². The lowest BCUT2D eigenvalue weighted by atomic mass is 9.85. The maximum atomic E-state index is 13.9. The van der Waals surface area contributed by atoms with Gasteiger partial charge in [-0.05, 0) is 55.4 Å². The van der Waals surface area contributed by atoms with Crippen LogP contribution in [0.3, 0.4) is 0 Å². The summed E-state index contributed by atoms with van der Waals surface area (Å²) >= 11 is 0. The standard InChI is InChI=1S/C26H33FN6O4/c1-25(2,3)21(33-14-19(30-31-33)15-4-5-15)23(36)32-13-18(34)12-20(32)22(35)29-26(10-11-26)24(37)28-17-8-6-16(27)7-9-17/h6-9,14-15,18,20-21,34H,4-5,10-13H2,1-3H3,(H,28,37)(H,29,35)/t18?,20?,21-/m1/s1. The molecule has 11 heteroatoms. The van der Waals surface area contributed by atoms with Crippen LogP contribution in [0, 0.1) is 11.2 Å². The Kier molecular flexibility index (Phi) is 6.29. The van der Waals surface area contributed by atoms with E-state index in [1.807, 2.05) is 27.0 Å². The molecule has 1 aromatic heterocycles. The Labute approximate surface area is 214 Å². The molecule has 2 saturated carbocycles. The number of anilines is 1. The third kappa shape index (κ3) is 5.22. The smallest absolute Gasteiger partial charge is 0.250 e. The molecule has 2 aliphatic carbocycles. The summed E-state index contributed by atoms with van der Waals surface area (Å²) in [7, 11) is 0. The lowest BCUT2D eigenvalue weighted by Gasteiger charge is -2.35. The quantitative estimate of drug-likeness (QED) is 0.521. The minimum atomic E-state index is -1.10. The van der Waals surface area contributed by atoms with Gasteiger partial charge < -0.3 is 20.6 Å². The molecule has 3 N–H and O–H groups in total. The summed E-state index contributed by atoms with van der Waals surface area (Å²) in [5.41, 5.74) is -0.345. The van der Waals surface area contributed by atoms with Gasteiger partial charge >= 0.3 is 0 Å². The van der Waals surface area contributed by atoms with E-state index in [4.69, 9.17) is 0 Å². The first-order valence-corrected chi connectivity index (χ1v) is 12.8. The first-order chi connectivity index (χ1) is 17.5. The fourth-order valence-electron chi connectivity index (χ4n) is 4.96. The number of hydrogen-bond donors (Lipinski definition) is 3. The zero-order chi connectivity index (χ0) is 26.5. The van der Waals surface area contributed by atoms with Crippen LogP contribution in [-0.4, -0.2) is 67.0 Å². The lowest BCUT2D eigenvalue weighted by Crippen LogP contribution is -2.55. The van der Waals surface area contributed by atoms with Gasteiger partial charge in [0, 0.05) is 30.8 Å². The van der Waals surface area contributed by atoms with E-state index in [2.05, 4.69) is 20.9 Å². The van der Waals surface area contributed by atoms with Gasteiger partial charge in [0.25, 0.3) is 0 Å². The van der Waals surface area contributed by atoms with Crippen LogP contribution in [0.15, 0.2) is 30.5 Å². The maximum absolute atomic E-state index is 13.9. The summed E-state index contributed by atoms with van der Waals surface area (Å²) in [6.07, 6.45) is 4.04. The molecule has 1 aliphatic heterocycles. The summed E-state index contributed by atoms with van der Waals surface area (Å²) in [6.45, 7) is 5.79. The van der Waals surface area contributed by atoms with Crippen molar-refractivity contribution in [2.24, 2.45) is 5.41 Å². The average molecular weight is 513 g/mol. The average Bonchev–Trinajstić information content (AvgIpc) is 3.74. The maximum Gasteiger partial charge on any atom is 0.250 e. The molecule has 0 radical (unpaired) electrons. The van der Waals surface area contributed by atoms with E-state index < -0.39 is 46.8 Å². The van der Waals surface area contributed by atoms with Gasteiger partial charge in [0.1, 0.15) is 23.4 Å². The van der Waals surface area contributed by atoms with Gasteiger partial charge in [0.2, 0.25) is 17.7 Å². The van der Waals surface area contributed by atoms with Crippen molar-refractivity contribution in [3.8, 4) is 0 Å². The summed E-state index contributed by atoms with van der Waals surface area (Å²) in [5.74, 6) is -1.24. The molecule has 2 aromatic rings. The highest BCUT2D eigenvalue weighted by atomic mass is 19.1. The lowest BCUT2D eigenvalue weighted by molar-refractivity contribution is -0.144. The molecule has 1 saturated heterocycles. The molecule has 37 heavy (non-hydrogen) atoms. The molecule has 3 fully saturated rings. The third-order valence-electron chi connectivity index (χ3n) is 7.36. The van der Waals surface area contributed by atoms with Crippen molar-refractivity contribution in [3.05, 3.63) is 42.0 Å². The van der Waals surface area contributed by atoms with Crippen LogP contribution in [0.1, 0.15) is 70.5 Å². The summed E-state index contributed by atoms with van der Waals surface area (Å²) in [5, 5.41) is 24.5. The number of aromatic nitrogens is 3. The number of carbonyl (C=O) groups is 3. The van der Waals surface area contributed by atoms with Crippen molar-refractivity contribution in [1.29, 1.82) is 0 Å². The molecular weight excluding hydrogens is 479 g/mol. The SMILES string of the molecule is CC(C)(C)[C@@H](C(=O)N1CC(O)CC1C(=O)NC1(C(=O)Nc2ccc(F)cc2)CC1)n1cc(C2CC2)nn1. The van der Waals surface area contributed by atoms with Crippen molar-refractivity contribution in [3.63, 3.8) is 0 Å². The minimum Gasteiger partial charge on any atom is -0.391 e. The number of aliphatic hydroxyl groups excluding tert-OH is 1. The molecule has 3 amide bonds. The Morgan fingerprint density at radius 1 is 1.16 bits per heavy atom. The largest absolute Gasteiger partial charge is 0.391 e. The number of β-amino-alcohol motifs (C(OH)–C–C–N with tert-alkyl or cyclic N) is 1. The minimum absolute atomic E-state index is 0.0163. The van der Waals surface area contributed by atoms with Gasteiger partial charge in [0.15, 0.2) is 0 Å². The molecular formula is C26H33FN6O4. The first-order valence-electron chi connectivity index (χ1n) is 12.8. The van der Waals surface area contributed by atoms with E-state index in [1.165, 1.54) is 29.2 Å². The number of rotatable bonds is 7. The second-order valence-corrected chi connectivity index (χ2v) is 11.6. The molecule has 0 spiro atoms. The van der Waals surface area contributed by atoms with Crippen LogP contribution in [0.25, 0.3) is 0 Å². The van der Waals surface area contributed by atoms with Crippen molar-refractivity contribution in [2.75, 3.05) is 11.9 Å². The fourth-order valence-corrected chi connectivity index (χ4v) is 4.96. The molecule has 2 heterocycles. The molecule has 198 valence electrons. The van der Waals surface area contributed by atoms with Gasteiger partial charge in [-0.3, -0.25) is 14.4 Å². The number of halogens is 1. The second kappa shape index (κ2) is 9.20. The zero-order valence-corrected chi connectivity index (χ0v) is 21.3. The van der Waals surface area contributed by atoms with Crippen molar-refractivity contribution < 1.29 is 23.9 Å². The number of nitrogens with one attached hydrogen (secondary N) is 2. The number of aliphatic hydroxyl groups is 1. The highest BCUT2D eigenvalue weighted by Crippen LogP contribution is 2.41. The van der Waals surface area contributed by atoms with E-state index in [0.29, 0.717) is 24.4 Å². The summed E-state index contributed by atoms with van der Waals surface area (Å²) in [4.78, 5) is 41.6. The van der Waals surface area contributed by atoms with Crippen LogP contribution >= 0.6 is 0 Å². The van der Waals surface area contributed by atoms with E-state index in [1.54, 1.807) is 4.68 Å². The van der Waals surface area contributed by atoms with Crippen LogP contribution < -0.4 is 10.6 Å². The second-order valence-electron chi connectivity index (χ2n) is 11.6. The Bertz CT molecular complexity index is 1200.